The zero-order valence-electron chi connectivity index (χ0n) is 6.98. The number of hydrogen-bond acceptors (Lipinski definition) is 3. The van der Waals surface area contributed by atoms with Gasteiger partial charge in [-0.05, 0) is 6.07 Å². The van der Waals surface area contributed by atoms with Crippen LogP contribution in [0.25, 0.3) is 0 Å². The molecule has 0 saturated carbocycles. The number of nitro groups is 1. The van der Waals surface area contributed by atoms with Crippen LogP contribution < -0.4 is 0 Å². The molecule has 1 aromatic rings. The van der Waals surface area contributed by atoms with E-state index in [1.54, 1.807) is 0 Å². The molecule has 0 radical (unpaired) electrons. The minimum absolute atomic E-state index is 0.0504. The van der Waals surface area contributed by atoms with Crippen molar-refractivity contribution in [2.24, 2.45) is 0 Å². The molecule has 6 heteroatoms. The van der Waals surface area contributed by atoms with Crippen molar-refractivity contribution in [1.82, 2.24) is 0 Å². The fraction of sp³-hybridized carbons (Fsp3) is 0.250. The number of benzene rings is 1. The van der Waals surface area contributed by atoms with Gasteiger partial charge in [0.2, 0.25) is 0 Å². The summed E-state index contributed by atoms with van der Waals surface area (Å²) in [6.45, 7) is 0. The maximum absolute atomic E-state index is 13.2. The van der Waals surface area contributed by atoms with E-state index in [9.17, 15) is 19.6 Å². The molecule has 76 valence electrons. The Kier molecular flexibility index (Phi) is 3.54. The summed E-state index contributed by atoms with van der Waals surface area (Å²) in [5.41, 5.74) is -0.689. The summed E-state index contributed by atoms with van der Waals surface area (Å²) >= 11 is 2.93. The Labute approximate surface area is 87.6 Å². The molecule has 0 fully saturated rings. The summed E-state index contributed by atoms with van der Waals surface area (Å²) in [7, 11) is 0. The molecule has 0 saturated heterocycles. The van der Waals surface area contributed by atoms with Crippen LogP contribution in [0.3, 0.4) is 0 Å². The quantitative estimate of drug-likeness (QED) is 0.517. The molecule has 14 heavy (non-hydrogen) atoms. The Morgan fingerprint density at radius 3 is 2.79 bits per heavy atom. The highest BCUT2D eigenvalue weighted by molar-refractivity contribution is 9.09. The summed E-state index contributed by atoms with van der Waals surface area (Å²) in [5, 5.41) is 19.9. The van der Waals surface area contributed by atoms with E-state index in [-0.39, 0.29) is 10.9 Å². The van der Waals surface area contributed by atoms with E-state index in [4.69, 9.17) is 0 Å². The summed E-state index contributed by atoms with van der Waals surface area (Å²) in [6, 6.07) is 3.47. The summed E-state index contributed by atoms with van der Waals surface area (Å²) in [4.78, 5) is 9.79. The predicted octanol–water partition coefficient (Wildman–Crippen LogP) is 2.16. The van der Waals surface area contributed by atoms with E-state index in [0.717, 1.165) is 12.1 Å². The van der Waals surface area contributed by atoms with Crippen molar-refractivity contribution in [3.63, 3.8) is 0 Å². The van der Waals surface area contributed by atoms with Gasteiger partial charge in [-0.1, -0.05) is 22.0 Å². The van der Waals surface area contributed by atoms with E-state index in [2.05, 4.69) is 15.9 Å². The Bertz CT molecular complexity index is 358. The molecule has 1 atom stereocenters. The fourth-order valence-electron chi connectivity index (χ4n) is 1.09. The van der Waals surface area contributed by atoms with Crippen LogP contribution in [0.2, 0.25) is 0 Å². The van der Waals surface area contributed by atoms with Crippen LogP contribution in [-0.4, -0.2) is 15.4 Å². The number of hydrogen-bond donors (Lipinski definition) is 1. The van der Waals surface area contributed by atoms with Crippen molar-refractivity contribution in [2.75, 3.05) is 5.33 Å². The van der Waals surface area contributed by atoms with Crippen molar-refractivity contribution < 1.29 is 14.4 Å². The van der Waals surface area contributed by atoms with Crippen molar-refractivity contribution >= 4 is 21.6 Å². The van der Waals surface area contributed by atoms with Crippen molar-refractivity contribution in [1.29, 1.82) is 0 Å². The highest BCUT2D eigenvalue weighted by Gasteiger charge is 2.23. The molecule has 0 aliphatic carbocycles. The van der Waals surface area contributed by atoms with Crippen LogP contribution in [0, 0.1) is 15.9 Å². The first-order chi connectivity index (χ1) is 6.57. The van der Waals surface area contributed by atoms with Gasteiger partial charge in [0.15, 0.2) is 0 Å². The third-order valence-corrected chi connectivity index (χ3v) is 2.32. The molecule has 0 spiro atoms. The van der Waals surface area contributed by atoms with Gasteiger partial charge in [0.25, 0.3) is 5.69 Å². The van der Waals surface area contributed by atoms with E-state index < -0.39 is 22.5 Å². The minimum Gasteiger partial charge on any atom is -0.387 e. The fourth-order valence-corrected chi connectivity index (χ4v) is 1.42. The molecule has 1 unspecified atom stereocenters. The second-order valence-corrected chi connectivity index (χ2v) is 3.25. The van der Waals surface area contributed by atoms with Gasteiger partial charge in [-0.25, -0.2) is 4.39 Å². The van der Waals surface area contributed by atoms with Gasteiger partial charge in [0.05, 0.1) is 16.6 Å². The molecule has 1 rings (SSSR count). The van der Waals surface area contributed by atoms with Gasteiger partial charge in [-0.2, -0.15) is 0 Å². The normalized spacial score (nSPS) is 12.5. The average molecular weight is 264 g/mol. The van der Waals surface area contributed by atoms with Crippen LogP contribution in [0.15, 0.2) is 18.2 Å². The molecule has 0 bridgehead atoms. The van der Waals surface area contributed by atoms with E-state index in [1.165, 1.54) is 6.07 Å². The van der Waals surface area contributed by atoms with Crippen LogP contribution in [0.4, 0.5) is 10.1 Å². The lowest BCUT2D eigenvalue weighted by Crippen LogP contribution is -2.06. The molecule has 0 aliphatic heterocycles. The Balaban J connectivity index is 3.29. The van der Waals surface area contributed by atoms with Gasteiger partial charge in [-0.15, -0.1) is 0 Å². The number of rotatable bonds is 3. The van der Waals surface area contributed by atoms with E-state index in [0.29, 0.717) is 0 Å². The highest BCUT2D eigenvalue weighted by atomic mass is 79.9. The predicted molar refractivity (Wildman–Crippen MR) is 51.8 cm³/mol. The minimum atomic E-state index is -1.21. The van der Waals surface area contributed by atoms with Crippen LogP contribution >= 0.6 is 15.9 Å². The van der Waals surface area contributed by atoms with Crippen LogP contribution in [0.1, 0.15) is 11.7 Å². The van der Waals surface area contributed by atoms with Gasteiger partial charge in [0, 0.05) is 11.4 Å². The lowest BCUT2D eigenvalue weighted by molar-refractivity contribution is -0.386. The van der Waals surface area contributed by atoms with Crippen molar-refractivity contribution in [3.8, 4) is 0 Å². The van der Waals surface area contributed by atoms with Crippen molar-refractivity contribution in [2.45, 2.75) is 6.10 Å². The largest absolute Gasteiger partial charge is 0.387 e. The number of aliphatic hydroxyl groups excluding tert-OH is 1. The maximum Gasteiger partial charge on any atom is 0.278 e. The van der Waals surface area contributed by atoms with Gasteiger partial charge in [0.1, 0.15) is 5.82 Å². The maximum atomic E-state index is 13.2. The number of halogens is 2. The zero-order chi connectivity index (χ0) is 10.7. The smallest absolute Gasteiger partial charge is 0.278 e. The number of nitrogens with zero attached hydrogens (tertiary/aromatic N) is 1. The first-order valence-electron chi connectivity index (χ1n) is 3.74. The number of alkyl halides is 1. The molecule has 0 amide bonds. The van der Waals surface area contributed by atoms with Crippen LogP contribution in [-0.2, 0) is 0 Å². The third-order valence-electron chi connectivity index (χ3n) is 1.71. The molecular formula is C8H7BrFNO3. The Morgan fingerprint density at radius 1 is 1.64 bits per heavy atom. The Morgan fingerprint density at radius 2 is 2.29 bits per heavy atom. The number of nitro benzene ring substituents is 1. The highest BCUT2D eigenvalue weighted by Crippen LogP contribution is 2.28. The van der Waals surface area contributed by atoms with Gasteiger partial charge in [-0.3, -0.25) is 10.1 Å². The molecular weight excluding hydrogens is 257 g/mol. The number of aliphatic hydroxyl groups is 1. The van der Waals surface area contributed by atoms with Crippen molar-refractivity contribution in [3.05, 3.63) is 39.7 Å². The first kappa shape index (κ1) is 11.1. The molecule has 0 aromatic heterocycles. The van der Waals surface area contributed by atoms with Gasteiger partial charge >= 0.3 is 0 Å². The third kappa shape index (κ3) is 2.08. The van der Waals surface area contributed by atoms with Crippen LogP contribution in [0.5, 0.6) is 0 Å². The topological polar surface area (TPSA) is 63.4 Å². The lowest BCUT2D eigenvalue weighted by Gasteiger charge is -2.08. The first-order valence-corrected chi connectivity index (χ1v) is 4.87. The second kappa shape index (κ2) is 4.47. The summed E-state index contributed by atoms with van der Waals surface area (Å²) in [5.74, 6) is -0.772. The summed E-state index contributed by atoms with van der Waals surface area (Å²) in [6.07, 6.45) is -1.21. The molecule has 0 heterocycles. The molecule has 0 aliphatic rings. The van der Waals surface area contributed by atoms with E-state index >= 15 is 0 Å². The molecule has 1 aromatic carbocycles. The SMILES string of the molecule is O=[N+]([O-])c1cccc(F)c1C(O)CBr. The standard InChI is InChI=1S/C8H7BrFNO3/c9-4-7(12)8-5(10)2-1-3-6(8)11(13)14/h1-3,7,12H,4H2. The second-order valence-electron chi connectivity index (χ2n) is 2.60. The lowest BCUT2D eigenvalue weighted by atomic mass is 10.1. The molecule has 1 N–H and O–H groups in total. The van der Waals surface area contributed by atoms with Gasteiger partial charge < -0.3 is 5.11 Å². The monoisotopic (exact) mass is 263 g/mol. The van der Waals surface area contributed by atoms with E-state index in [1.807, 2.05) is 0 Å². The molecule has 4 nitrogen and oxygen atoms in total. The zero-order valence-corrected chi connectivity index (χ0v) is 8.57. The summed E-state index contributed by atoms with van der Waals surface area (Å²) < 4.78 is 13.2. The average Bonchev–Trinajstić information content (AvgIpc) is 2.16. The Hall–Kier alpha value is -1.01.